The van der Waals surface area contributed by atoms with E-state index in [1.165, 1.54) is 6.33 Å². The summed E-state index contributed by atoms with van der Waals surface area (Å²) in [5.74, 6) is 0.597. The number of hydrogen-bond acceptors (Lipinski definition) is 6. The minimum Gasteiger partial charge on any atom is -0.444 e. The van der Waals surface area contributed by atoms with Gasteiger partial charge in [-0.3, -0.25) is 0 Å². The number of hydrogen-bond donors (Lipinski definition) is 2. The molecule has 0 aliphatic rings. The van der Waals surface area contributed by atoms with Crippen molar-refractivity contribution in [2.75, 3.05) is 13.1 Å². The third kappa shape index (κ3) is 7.40. The Morgan fingerprint density at radius 2 is 2.26 bits per heavy atom. The molecule has 1 unspecified atom stereocenters. The van der Waals surface area contributed by atoms with Crippen LogP contribution < -0.4 is 10.6 Å². The van der Waals surface area contributed by atoms with Crippen LogP contribution in [0.15, 0.2) is 10.9 Å². The molecule has 7 nitrogen and oxygen atoms in total. The van der Waals surface area contributed by atoms with E-state index in [1.54, 1.807) is 0 Å². The Morgan fingerprint density at radius 3 is 2.84 bits per heavy atom. The first-order chi connectivity index (χ1) is 8.87. The summed E-state index contributed by atoms with van der Waals surface area (Å²) >= 11 is 0. The highest BCUT2D eigenvalue weighted by Crippen LogP contribution is 2.06. The first-order valence-electron chi connectivity index (χ1n) is 6.32. The molecule has 0 aliphatic carbocycles. The molecule has 1 heterocycles. The van der Waals surface area contributed by atoms with Gasteiger partial charge >= 0.3 is 6.09 Å². The molecule has 1 atom stereocenters. The molecule has 2 N–H and O–H groups in total. The molecule has 0 spiro atoms. The van der Waals surface area contributed by atoms with E-state index >= 15 is 0 Å². The second kappa shape index (κ2) is 7.08. The van der Waals surface area contributed by atoms with Crippen LogP contribution in [0.2, 0.25) is 0 Å². The fraction of sp³-hybridized carbons (Fsp3) is 0.750. The fourth-order valence-electron chi connectivity index (χ4n) is 1.35. The zero-order chi connectivity index (χ0) is 14.3. The lowest BCUT2D eigenvalue weighted by Gasteiger charge is -2.21. The van der Waals surface area contributed by atoms with Crippen LogP contribution in [0.25, 0.3) is 0 Å². The molecule has 0 bridgehead atoms. The molecule has 1 amide bonds. The molecule has 1 aromatic rings. The van der Waals surface area contributed by atoms with Gasteiger partial charge in [0.25, 0.3) is 0 Å². The Labute approximate surface area is 113 Å². The molecule has 7 heteroatoms. The molecule has 0 saturated heterocycles. The minimum absolute atomic E-state index is 0.135. The molecule has 0 fully saturated rings. The highest BCUT2D eigenvalue weighted by atomic mass is 16.6. The largest absolute Gasteiger partial charge is 0.444 e. The molecular weight excluding hydrogens is 248 g/mol. The maximum absolute atomic E-state index is 11.4. The first-order valence-corrected chi connectivity index (χ1v) is 6.32. The van der Waals surface area contributed by atoms with E-state index < -0.39 is 11.7 Å². The SMILES string of the molecule is CC(CNC(=O)OC(C)(C)C)NCCc1ncno1. The number of carbonyl (C=O) groups is 1. The van der Waals surface area contributed by atoms with E-state index in [-0.39, 0.29) is 6.04 Å². The van der Waals surface area contributed by atoms with Crippen molar-refractivity contribution in [1.82, 2.24) is 20.8 Å². The molecular formula is C12H22N4O3. The monoisotopic (exact) mass is 270 g/mol. The highest BCUT2D eigenvalue weighted by molar-refractivity contribution is 5.67. The number of carbonyl (C=O) groups excluding carboxylic acids is 1. The van der Waals surface area contributed by atoms with Crippen molar-refractivity contribution in [2.24, 2.45) is 0 Å². The van der Waals surface area contributed by atoms with Crippen molar-refractivity contribution in [2.45, 2.75) is 45.8 Å². The van der Waals surface area contributed by atoms with Crippen LogP contribution in [0.5, 0.6) is 0 Å². The number of ether oxygens (including phenoxy) is 1. The molecule has 1 rings (SSSR count). The fourth-order valence-corrected chi connectivity index (χ4v) is 1.35. The predicted molar refractivity (Wildman–Crippen MR) is 69.7 cm³/mol. The van der Waals surface area contributed by atoms with Gasteiger partial charge in [-0.15, -0.1) is 0 Å². The summed E-state index contributed by atoms with van der Waals surface area (Å²) in [6.45, 7) is 8.68. The van der Waals surface area contributed by atoms with Crippen LogP contribution in [0.1, 0.15) is 33.6 Å². The molecule has 0 saturated carbocycles. The summed E-state index contributed by atoms with van der Waals surface area (Å²) in [6, 6.07) is 0.135. The number of amides is 1. The van der Waals surface area contributed by atoms with Crippen LogP contribution in [-0.2, 0) is 11.2 Å². The summed E-state index contributed by atoms with van der Waals surface area (Å²) in [4.78, 5) is 15.3. The maximum atomic E-state index is 11.4. The van der Waals surface area contributed by atoms with Crippen molar-refractivity contribution in [3.8, 4) is 0 Å². The summed E-state index contributed by atoms with van der Waals surface area (Å²) in [5, 5.41) is 9.47. The van der Waals surface area contributed by atoms with E-state index in [0.717, 1.165) is 0 Å². The lowest BCUT2D eigenvalue weighted by atomic mass is 10.2. The van der Waals surface area contributed by atoms with Gasteiger partial charge < -0.3 is 19.9 Å². The van der Waals surface area contributed by atoms with Crippen molar-refractivity contribution in [1.29, 1.82) is 0 Å². The number of alkyl carbamates (subject to hydrolysis) is 1. The van der Waals surface area contributed by atoms with Crippen molar-refractivity contribution in [3.63, 3.8) is 0 Å². The van der Waals surface area contributed by atoms with Gasteiger partial charge in [0.05, 0.1) is 0 Å². The van der Waals surface area contributed by atoms with E-state index in [2.05, 4.69) is 20.8 Å². The van der Waals surface area contributed by atoms with Gasteiger partial charge in [-0.05, 0) is 27.7 Å². The van der Waals surface area contributed by atoms with Crippen LogP contribution in [0.4, 0.5) is 4.79 Å². The number of rotatable bonds is 6. The third-order valence-electron chi connectivity index (χ3n) is 2.19. The van der Waals surface area contributed by atoms with Gasteiger partial charge in [0.15, 0.2) is 6.33 Å². The Balaban J connectivity index is 2.10. The Morgan fingerprint density at radius 1 is 1.53 bits per heavy atom. The molecule has 0 aromatic carbocycles. The molecule has 108 valence electrons. The van der Waals surface area contributed by atoms with Crippen molar-refractivity contribution < 1.29 is 14.1 Å². The Bertz CT molecular complexity index is 373. The average Bonchev–Trinajstić information content (AvgIpc) is 2.77. The maximum Gasteiger partial charge on any atom is 0.407 e. The zero-order valence-electron chi connectivity index (χ0n) is 11.9. The summed E-state index contributed by atoms with van der Waals surface area (Å²) in [7, 11) is 0. The summed E-state index contributed by atoms with van der Waals surface area (Å²) < 4.78 is 10.0. The molecule has 0 aliphatic heterocycles. The molecule has 0 radical (unpaired) electrons. The smallest absolute Gasteiger partial charge is 0.407 e. The van der Waals surface area contributed by atoms with Crippen molar-refractivity contribution >= 4 is 6.09 Å². The van der Waals surface area contributed by atoms with Crippen LogP contribution in [0, 0.1) is 0 Å². The summed E-state index contributed by atoms with van der Waals surface area (Å²) in [6.07, 6.45) is 1.64. The highest BCUT2D eigenvalue weighted by Gasteiger charge is 2.16. The normalized spacial score (nSPS) is 13.1. The number of aromatic nitrogens is 2. The zero-order valence-corrected chi connectivity index (χ0v) is 11.9. The van der Waals surface area contributed by atoms with E-state index in [4.69, 9.17) is 9.26 Å². The third-order valence-corrected chi connectivity index (χ3v) is 2.19. The topological polar surface area (TPSA) is 89.3 Å². The van der Waals surface area contributed by atoms with E-state index in [9.17, 15) is 4.79 Å². The number of nitrogens with zero attached hydrogens (tertiary/aromatic N) is 2. The Kier molecular flexibility index (Phi) is 5.75. The standard InChI is InChI=1S/C12H22N4O3/c1-9(7-14-11(17)18-12(2,3)4)13-6-5-10-15-8-16-19-10/h8-9,13H,5-7H2,1-4H3,(H,14,17). The second-order valence-electron chi connectivity index (χ2n) is 5.32. The number of nitrogens with one attached hydrogen (secondary N) is 2. The van der Waals surface area contributed by atoms with Crippen molar-refractivity contribution in [3.05, 3.63) is 12.2 Å². The van der Waals surface area contributed by atoms with Gasteiger partial charge in [0.2, 0.25) is 5.89 Å². The molecule has 19 heavy (non-hydrogen) atoms. The average molecular weight is 270 g/mol. The second-order valence-corrected chi connectivity index (χ2v) is 5.32. The quantitative estimate of drug-likeness (QED) is 0.805. The minimum atomic E-state index is -0.474. The van der Waals surface area contributed by atoms with Gasteiger partial charge in [0, 0.05) is 25.6 Å². The van der Waals surface area contributed by atoms with Gasteiger partial charge in [0.1, 0.15) is 5.60 Å². The molecule has 1 aromatic heterocycles. The Hall–Kier alpha value is -1.63. The first kappa shape index (κ1) is 15.4. The van der Waals surface area contributed by atoms with E-state index in [0.29, 0.717) is 25.4 Å². The summed E-state index contributed by atoms with van der Waals surface area (Å²) in [5.41, 5.74) is -0.474. The van der Waals surface area contributed by atoms with Crippen LogP contribution in [0.3, 0.4) is 0 Å². The van der Waals surface area contributed by atoms with Gasteiger partial charge in [-0.25, -0.2) is 4.79 Å². The predicted octanol–water partition coefficient (Wildman–Crippen LogP) is 1.11. The lowest BCUT2D eigenvalue weighted by molar-refractivity contribution is 0.0523. The lowest BCUT2D eigenvalue weighted by Crippen LogP contribution is -2.41. The van der Waals surface area contributed by atoms with Crippen LogP contribution >= 0.6 is 0 Å². The van der Waals surface area contributed by atoms with Crippen LogP contribution in [-0.4, -0.2) is 41.0 Å². The van der Waals surface area contributed by atoms with Gasteiger partial charge in [-0.2, -0.15) is 4.98 Å². The van der Waals surface area contributed by atoms with Gasteiger partial charge in [-0.1, -0.05) is 5.16 Å². The van der Waals surface area contributed by atoms with E-state index in [1.807, 2.05) is 27.7 Å².